The average Bonchev–Trinajstić information content (AvgIpc) is 2.76. The van der Waals surface area contributed by atoms with E-state index in [-0.39, 0.29) is 5.54 Å². The van der Waals surface area contributed by atoms with Crippen LogP contribution in [0.25, 0.3) is 10.1 Å². The van der Waals surface area contributed by atoms with Crippen molar-refractivity contribution in [2.75, 3.05) is 0 Å². The molecule has 0 amide bonds. The maximum Gasteiger partial charge on any atom is 0.0425 e. The molecule has 0 radical (unpaired) electrons. The van der Waals surface area contributed by atoms with Crippen LogP contribution in [0.15, 0.2) is 29.6 Å². The quantitative estimate of drug-likeness (QED) is 0.733. The van der Waals surface area contributed by atoms with Gasteiger partial charge in [0.25, 0.3) is 0 Å². The van der Waals surface area contributed by atoms with Gasteiger partial charge in [0.1, 0.15) is 0 Å². The van der Waals surface area contributed by atoms with Crippen LogP contribution in [0.4, 0.5) is 0 Å². The van der Waals surface area contributed by atoms with E-state index >= 15 is 0 Å². The van der Waals surface area contributed by atoms with Crippen LogP contribution in [-0.2, 0) is 5.54 Å². The topological polar surface area (TPSA) is 26.0 Å². The fourth-order valence-corrected chi connectivity index (χ4v) is 2.84. The minimum atomic E-state index is 0.0135. The molecule has 0 spiro atoms. The summed E-state index contributed by atoms with van der Waals surface area (Å²) in [7, 11) is 0. The van der Waals surface area contributed by atoms with Crippen molar-refractivity contribution in [3.63, 3.8) is 0 Å². The van der Waals surface area contributed by atoms with Crippen LogP contribution in [0.5, 0.6) is 0 Å². The van der Waals surface area contributed by atoms with Gasteiger partial charge in [-0.25, -0.2) is 0 Å². The van der Waals surface area contributed by atoms with Crippen LogP contribution in [0.3, 0.4) is 0 Å². The number of benzene rings is 1. The first kappa shape index (κ1) is 7.54. The Morgan fingerprint density at radius 1 is 1.23 bits per heavy atom. The molecule has 1 nitrogen and oxygen atoms in total. The number of thiophene rings is 1. The summed E-state index contributed by atoms with van der Waals surface area (Å²) in [6.07, 6.45) is 2.29. The van der Waals surface area contributed by atoms with Gasteiger partial charge in [0.2, 0.25) is 0 Å². The van der Waals surface area contributed by atoms with E-state index in [1.807, 2.05) is 0 Å². The number of rotatable bonds is 1. The highest BCUT2D eigenvalue weighted by Gasteiger charge is 2.41. The second-order valence-electron chi connectivity index (χ2n) is 3.80. The fourth-order valence-electron chi connectivity index (χ4n) is 1.77. The van der Waals surface area contributed by atoms with E-state index in [4.69, 9.17) is 5.73 Å². The molecule has 1 aromatic heterocycles. The van der Waals surface area contributed by atoms with Crippen LogP contribution in [0.1, 0.15) is 18.4 Å². The smallest absolute Gasteiger partial charge is 0.0425 e. The maximum absolute atomic E-state index is 6.19. The SMILES string of the molecule is NC1(c2csc3ccccc23)CC1. The molecule has 2 aromatic rings. The van der Waals surface area contributed by atoms with Crippen molar-refractivity contribution in [1.29, 1.82) is 0 Å². The molecule has 0 unspecified atom stereocenters. The Morgan fingerprint density at radius 3 is 2.77 bits per heavy atom. The van der Waals surface area contributed by atoms with Crippen molar-refractivity contribution in [2.45, 2.75) is 18.4 Å². The maximum atomic E-state index is 6.19. The van der Waals surface area contributed by atoms with E-state index in [0.29, 0.717) is 0 Å². The van der Waals surface area contributed by atoms with E-state index in [2.05, 4.69) is 29.6 Å². The fraction of sp³-hybridized carbons (Fsp3) is 0.273. The molecule has 0 saturated heterocycles. The van der Waals surface area contributed by atoms with E-state index in [1.54, 1.807) is 11.3 Å². The van der Waals surface area contributed by atoms with Gasteiger partial charge < -0.3 is 5.73 Å². The molecule has 2 heteroatoms. The van der Waals surface area contributed by atoms with E-state index in [0.717, 1.165) is 12.8 Å². The van der Waals surface area contributed by atoms with Crippen LogP contribution < -0.4 is 5.73 Å². The summed E-state index contributed by atoms with van der Waals surface area (Å²) in [5.74, 6) is 0. The monoisotopic (exact) mass is 189 g/mol. The summed E-state index contributed by atoms with van der Waals surface area (Å²) >= 11 is 1.80. The molecule has 1 aliphatic carbocycles. The molecule has 0 aliphatic heterocycles. The Hall–Kier alpha value is -0.860. The predicted octanol–water partition coefficient (Wildman–Crippen LogP) is 2.85. The van der Waals surface area contributed by atoms with Gasteiger partial charge in [-0.05, 0) is 35.2 Å². The third kappa shape index (κ3) is 1.02. The zero-order valence-electron chi connectivity index (χ0n) is 7.29. The Bertz CT molecular complexity index is 454. The summed E-state index contributed by atoms with van der Waals surface area (Å²) < 4.78 is 1.36. The molecule has 1 aliphatic rings. The summed E-state index contributed by atoms with van der Waals surface area (Å²) in [5.41, 5.74) is 7.55. The number of nitrogens with two attached hydrogens (primary N) is 1. The number of fused-ring (bicyclic) bond motifs is 1. The van der Waals surface area contributed by atoms with Gasteiger partial charge in [0, 0.05) is 10.2 Å². The molecule has 1 saturated carbocycles. The highest BCUT2D eigenvalue weighted by molar-refractivity contribution is 7.17. The standard InChI is InChI=1S/C11H11NS/c12-11(5-6-11)9-7-13-10-4-2-1-3-8(9)10/h1-4,7H,5-6,12H2. The minimum Gasteiger partial charge on any atom is -0.321 e. The van der Waals surface area contributed by atoms with Gasteiger partial charge in [0.15, 0.2) is 0 Å². The van der Waals surface area contributed by atoms with Crippen LogP contribution in [-0.4, -0.2) is 0 Å². The minimum absolute atomic E-state index is 0.0135. The average molecular weight is 189 g/mol. The van der Waals surface area contributed by atoms with Crippen LogP contribution in [0.2, 0.25) is 0 Å². The third-order valence-corrected chi connectivity index (χ3v) is 3.77. The molecule has 1 aromatic carbocycles. The lowest BCUT2D eigenvalue weighted by Crippen LogP contribution is -2.17. The van der Waals surface area contributed by atoms with Gasteiger partial charge >= 0.3 is 0 Å². The molecule has 1 heterocycles. The summed E-state index contributed by atoms with van der Waals surface area (Å²) in [4.78, 5) is 0. The lowest BCUT2D eigenvalue weighted by Gasteiger charge is -2.05. The van der Waals surface area contributed by atoms with Crippen LogP contribution >= 0.6 is 11.3 Å². The van der Waals surface area contributed by atoms with Gasteiger partial charge in [-0.3, -0.25) is 0 Å². The molecule has 0 atom stereocenters. The summed E-state index contributed by atoms with van der Waals surface area (Å²) in [5, 5.41) is 3.57. The predicted molar refractivity (Wildman–Crippen MR) is 56.9 cm³/mol. The van der Waals surface area contributed by atoms with E-state index < -0.39 is 0 Å². The largest absolute Gasteiger partial charge is 0.321 e. The lowest BCUT2D eigenvalue weighted by molar-refractivity contribution is 0.751. The molecule has 1 fully saturated rings. The molecule has 66 valence electrons. The molecule has 2 N–H and O–H groups in total. The number of hydrogen-bond acceptors (Lipinski definition) is 2. The second kappa shape index (κ2) is 2.34. The van der Waals surface area contributed by atoms with Gasteiger partial charge in [-0.2, -0.15) is 0 Å². The van der Waals surface area contributed by atoms with E-state index in [1.165, 1.54) is 15.6 Å². The van der Waals surface area contributed by atoms with Crippen LogP contribution in [0, 0.1) is 0 Å². The Morgan fingerprint density at radius 2 is 2.00 bits per heavy atom. The molecule has 0 bridgehead atoms. The first-order chi connectivity index (χ1) is 6.30. The van der Waals surface area contributed by atoms with E-state index in [9.17, 15) is 0 Å². The highest BCUT2D eigenvalue weighted by atomic mass is 32.1. The first-order valence-corrected chi connectivity index (χ1v) is 5.43. The van der Waals surface area contributed by atoms with Crippen molar-refractivity contribution in [3.05, 3.63) is 35.2 Å². The van der Waals surface area contributed by atoms with Crippen molar-refractivity contribution < 1.29 is 0 Å². The summed E-state index contributed by atoms with van der Waals surface area (Å²) in [6.45, 7) is 0. The molecular formula is C11H11NS. The van der Waals surface area contributed by atoms with Crippen molar-refractivity contribution in [3.8, 4) is 0 Å². The zero-order chi connectivity index (χ0) is 8.89. The van der Waals surface area contributed by atoms with Crippen molar-refractivity contribution in [2.24, 2.45) is 5.73 Å². The zero-order valence-corrected chi connectivity index (χ0v) is 8.10. The Balaban J connectivity index is 2.30. The molecule has 3 rings (SSSR count). The van der Waals surface area contributed by atoms with Crippen molar-refractivity contribution in [1.82, 2.24) is 0 Å². The third-order valence-electron chi connectivity index (χ3n) is 2.81. The Labute approximate surface area is 81.2 Å². The van der Waals surface area contributed by atoms with Gasteiger partial charge in [-0.1, -0.05) is 18.2 Å². The molecule has 13 heavy (non-hydrogen) atoms. The lowest BCUT2D eigenvalue weighted by atomic mass is 10.1. The first-order valence-electron chi connectivity index (χ1n) is 4.55. The van der Waals surface area contributed by atoms with Gasteiger partial charge in [-0.15, -0.1) is 11.3 Å². The highest BCUT2D eigenvalue weighted by Crippen LogP contribution is 2.47. The normalized spacial score (nSPS) is 19.2. The molecular weight excluding hydrogens is 178 g/mol. The Kier molecular flexibility index (Phi) is 1.35. The number of hydrogen-bond donors (Lipinski definition) is 1. The van der Waals surface area contributed by atoms with Gasteiger partial charge in [0.05, 0.1) is 0 Å². The summed E-state index contributed by atoms with van der Waals surface area (Å²) in [6, 6.07) is 8.51. The second-order valence-corrected chi connectivity index (χ2v) is 4.71. The van der Waals surface area contributed by atoms with Crippen molar-refractivity contribution >= 4 is 21.4 Å².